The lowest BCUT2D eigenvalue weighted by atomic mass is 9.87. The molecule has 1 fully saturated rings. The first-order valence-electron chi connectivity index (χ1n) is 9.74. The molecule has 150 valence electrons. The average Bonchev–Trinajstić information content (AvgIpc) is 2.71. The smallest absolute Gasteiger partial charge is 0.254 e. The Hall–Kier alpha value is -3.77. The van der Waals surface area contributed by atoms with Gasteiger partial charge >= 0.3 is 0 Å². The van der Waals surface area contributed by atoms with E-state index in [2.05, 4.69) is 6.07 Å². The molecule has 0 spiro atoms. The Morgan fingerprint density at radius 1 is 1.07 bits per heavy atom. The molecule has 1 unspecified atom stereocenters. The summed E-state index contributed by atoms with van der Waals surface area (Å²) in [6.45, 7) is 6.64. The van der Waals surface area contributed by atoms with Crippen molar-refractivity contribution in [3.05, 3.63) is 69.8 Å². The molecule has 6 nitrogen and oxygen atoms in total. The average molecular weight is 397 g/mol. The predicted molar refractivity (Wildman–Crippen MR) is 115 cm³/mol. The van der Waals surface area contributed by atoms with E-state index in [0.29, 0.717) is 29.8 Å². The van der Waals surface area contributed by atoms with Crippen LogP contribution in [0.25, 0.3) is 0 Å². The molecule has 2 N–H and O–H groups in total. The fourth-order valence-electron chi connectivity index (χ4n) is 3.70. The number of aryl methyl sites for hydroxylation is 2. The van der Waals surface area contributed by atoms with Gasteiger partial charge in [-0.05, 0) is 54.3 Å². The molecule has 1 saturated heterocycles. The number of amides is 1. The van der Waals surface area contributed by atoms with Crippen LogP contribution in [-0.2, 0) is 0 Å². The van der Waals surface area contributed by atoms with Crippen LogP contribution < -0.4 is 0 Å². The highest BCUT2D eigenvalue weighted by atomic mass is 16.2. The van der Waals surface area contributed by atoms with Crippen LogP contribution in [0, 0.1) is 53.2 Å². The highest BCUT2D eigenvalue weighted by molar-refractivity contribution is 6.18. The first-order chi connectivity index (χ1) is 14.3. The van der Waals surface area contributed by atoms with E-state index >= 15 is 0 Å². The molecule has 1 atom stereocenters. The molecule has 0 aromatic heterocycles. The lowest BCUT2D eigenvalue weighted by Crippen LogP contribution is -2.48. The third-order valence-electron chi connectivity index (χ3n) is 5.76. The van der Waals surface area contributed by atoms with Crippen LogP contribution in [0.5, 0.6) is 0 Å². The van der Waals surface area contributed by atoms with Crippen molar-refractivity contribution in [3.63, 3.8) is 0 Å². The molecule has 30 heavy (non-hydrogen) atoms. The van der Waals surface area contributed by atoms with Gasteiger partial charge in [0.2, 0.25) is 0 Å². The molecule has 6 heteroatoms. The first-order valence-corrected chi connectivity index (χ1v) is 9.74. The standard InChI is InChI=1S/C24H23N5O/c1-14-8-15(2)21(9-20(14)23(28)16(3)22(27)11-26)24(30)29-12-19(13-29)18-6-4-17(10-25)5-7-18/h4-9,16,19,27-28H,12-13H2,1-3H3. The van der Waals surface area contributed by atoms with Crippen molar-refractivity contribution in [2.75, 3.05) is 13.1 Å². The Labute approximate surface area is 176 Å². The maximum absolute atomic E-state index is 13.1. The second-order valence-corrected chi connectivity index (χ2v) is 7.78. The summed E-state index contributed by atoms with van der Waals surface area (Å²) in [4.78, 5) is 14.9. The highest BCUT2D eigenvalue weighted by Gasteiger charge is 2.33. The SMILES string of the molecule is Cc1cc(C)c(C(=O)N2CC(c3ccc(C#N)cc3)C2)cc1C(=N)C(C)C(=N)C#N. The quantitative estimate of drug-likeness (QED) is 0.744. The fourth-order valence-corrected chi connectivity index (χ4v) is 3.70. The number of nitrogens with one attached hydrogen (secondary N) is 2. The summed E-state index contributed by atoms with van der Waals surface area (Å²) in [5.74, 6) is -0.445. The summed E-state index contributed by atoms with van der Waals surface area (Å²) in [5.41, 5.74) is 4.59. The van der Waals surface area contributed by atoms with Gasteiger partial charge in [0.25, 0.3) is 5.91 Å². The highest BCUT2D eigenvalue weighted by Crippen LogP contribution is 2.30. The Balaban J connectivity index is 1.78. The number of carbonyl (C=O) groups excluding carboxylic acids is 1. The number of likely N-dealkylation sites (tertiary alicyclic amines) is 1. The molecule has 1 amide bonds. The van der Waals surface area contributed by atoms with Crippen molar-refractivity contribution in [2.24, 2.45) is 5.92 Å². The van der Waals surface area contributed by atoms with Crippen LogP contribution in [0.2, 0.25) is 0 Å². The number of benzene rings is 2. The maximum atomic E-state index is 13.1. The number of nitriles is 2. The number of rotatable bonds is 5. The zero-order valence-electron chi connectivity index (χ0n) is 17.3. The largest absolute Gasteiger partial charge is 0.337 e. The molecule has 3 rings (SSSR count). The third kappa shape index (κ3) is 3.86. The normalized spacial score (nSPS) is 14.2. The van der Waals surface area contributed by atoms with Gasteiger partial charge < -0.3 is 10.3 Å². The molecule has 0 bridgehead atoms. The Kier molecular flexibility index (Phi) is 5.80. The Bertz CT molecular complexity index is 1110. The van der Waals surface area contributed by atoms with Gasteiger partial charge in [-0.3, -0.25) is 10.2 Å². The predicted octanol–water partition coefficient (Wildman–Crippen LogP) is 3.96. The Morgan fingerprint density at radius 3 is 2.23 bits per heavy atom. The summed E-state index contributed by atoms with van der Waals surface area (Å²) < 4.78 is 0. The third-order valence-corrected chi connectivity index (χ3v) is 5.76. The molecule has 0 radical (unpaired) electrons. The fraction of sp³-hybridized carbons (Fsp3) is 0.292. The van der Waals surface area contributed by atoms with E-state index in [0.717, 1.165) is 16.7 Å². The van der Waals surface area contributed by atoms with Gasteiger partial charge in [0.15, 0.2) is 0 Å². The molecule has 1 heterocycles. The maximum Gasteiger partial charge on any atom is 0.254 e. The van der Waals surface area contributed by atoms with Gasteiger partial charge in [0.1, 0.15) is 11.8 Å². The van der Waals surface area contributed by atoms with Crippen molar-refractivity contribution in [1.82, 2.24) is 4.90 Å². The molecule has 1 aliphatic heterocycles. The monoisotopic (exact) mass is 397 g/mol. The lowest BCUT2D eigenvalue weighted by Gasteiger charge is -2.40. The van der Waals surface area contributed by atoms with Crippen molar-refractivity contribution in [1.29, 1.82) is 21.3 Å². The van der Waals surface area contributed by atoms with Crippen LogP contribution in [-0.4, -0.2) is 35.3 Å². The molecule has 2 aromatic rings. The van der Waals surface area contributed by atoms with Gasteiger partial charge in [-0.15, -0.1) is 0 Å². The topological polar surface area (TPSA) is 116 Å². The molecular weight excluding hydrogens is 374 g/mol. The van der Waals surface area contributed by atoms with Gasteiger partial charge in [-0.2, -0.15) is 10.5 Å². The van der Waals surface area contributed by atoms with Crippen molar-refractivity contribution in [3.8, 4) is 12.1 Å². The van der Waals surface area contributed by atoms with E-state index in [-0.39, 0.29) is 23.2 Å². The van der Waals surface area contributed by atoms with E-state index in [1.807, 2.05) is 32.0 Å². The summed E-state index contributed by atoms with van der Waals surface area (Å²) in [5, 5.41) is 34.0. The van der Waals surface area contributed by atoms with Gasteiger partial charge in [-0.25, -0.2) is 0 Å². The van der Waals surface area contributed by atoms with Crippen molar-refractivity contribution in [2.45, 2.75) is 26.7 Å². The van der Waals surface area contributed by atoms with Gasteiger partial charge in [0, 0.05) is 30.3 Å². The number of hydrogen-bond donors (Lipinski definition) is 2. The molecule has 0 aliphatic carbocycles. The molecule has 0 saturated carbocycles. The summed E-state index contributed by atoms with van der Waals surface area (Å²) in [6, 6.07) is 15.0. The van der Waals surface area contributed by atoms with Crippen LogP contribution in [0.1, 0.15) is 51.0 Å². The van der Waals surface area contributed by atoms with Crippen LogP contribution in [0.3, 0.4) is 0 Å². The van der Waals surface area contributed by atoms with Crippen LogP contribution in [0.4, 0.5) is 0 Å². The minimum Gasteiger partial charge on any atom is -0.337 e. The Morgan fingerprint density at radius 2 is 1.67 bits per heavy atom. The second-order valence-electron chi connectivity index (χ2n) is 7.78. The van der Waals surface area contributed by atoms with Crippen LogP contribution in [0.15, 0.2) is 36.4 Å². The van der Waals surface area contributed by atoms with Crippen molar-refractivity contribution < 1.29 is 4.79 Å². The first kappa shape index (κ1) is 21.0. The van der Waals surface area contributed by atoms with Gasteiger partial charge in [0.05, 0.1) is 17.6 Å². The van der Waals surface area contributed by atoms with Gasteiger partial charge in [-0.1, -0.05) is 25.1 Å². The second kappa shape index (κ2) is 8.31. The molecule has 2 aromatic carbocycles. The van der Waals surface area contributed by atoms with E-state index in [9.17, 15) is 4.79 Å². The van der Waals surface area contributed by atoms with Crippen molar-refractivity contribution >= 4 is 17.3 Å². The number of nitrogens with zero attached hydrogens (tertiary/aromatic N) is 3. The number of hydrogen-bond acceptors (Lipinski definition) is 5. The number of carbonyl (C=O) groups is 1. The molecule has 1 aliphatic rings. The summed E-state index contributed by atoms with van der Waals surface area (Å²) in [7, 11) is 0. The summed E-state index contributed by atoms with van der Waals surface area (Å²) in [6.07, 6.45) is 0. The van der Waals surface area contributed by atoms with E-state index in [4.69, 9.17) is 21.3 Å². The zero-order valence-corrected chi connectivity index (χ0v) is 17.3. The minimum absolute atomic E-state index is 0.0746. The lowest BCUT2D eigenvalue weighted by molar-refractivity contribution is 0.0601. The zero-order chi connectivity index (χ0) is 22.0. The van der Waals surface area contributed by atoms with E-state index in [1.165, 1.54) is 0 Å². The minimum atomic E-state index is -0.621. The summed E-state index contributed by atoms with van der Waals surface area (Å²) >= 11 is 0. The van der Waals surface area contributed by atoms with Crippen LogP contribution >= 0.6 is 0 Å². The van der Waals surface area contributed by atoms with E-state index in [1.54, 1.807) is 36.1 Å². The van der Waals surface area contributed by atoms with E-state index < -0.39 is 5.92 Å². The molecular formula is C24H23N5O.